The number of benzene rings is 2. The number of aryl methyl sites for hydroxylation is 1. The molecule has 1 aromatic heterocycles. The maximum Gasteiger partial charge on any atom is 0.359 e. The number of esters is 1. The van der Waals surface area contributed by atoms with Gasteiger partial charge in [0.1, 0.15) is 5.69 Å². The van der Waals surface area contributed by atoms with Crippen LogP contribution in [0.1, 0.15) is 40.4 Å². The van der Waals surface area contributed by atoms with Gasteiger partial charge < -0.3 is 4.74 Å². The molecule has 0 aliphatic heterocycles. The molecule has 0 amide bonds. The van der Waals surface area contributed by atoms with Crippen LogP contribution in [0.25, 0.3) is 16.8 Å². The van der Waals surface area contributed by atoms with Crippen molar-refractivity contribution in [3.63, 3.8) is 0 Å². The second-order valence-electron chi connectivity index (χ2n) is 5.96. The molecule has 0 saturated heterocycles. The Morgan fingerprint density at radius 3 is 2.27 bits per heavy atom. The largest absolute Gasteiger partial charge is 0.461 e. The third kappa shape index (κ3) is 3.28. The number of hydrogen-bond donors (Lipinski definition) is 0. The van der Waals surface area contributed by atoms with Gasteiger partial charge in [-0.15, -0.1) is 0 Å². The van der Waals surface area contributed by atoms with Crippen LogP contribution in [-0.2, 0) is 4.74 Å². The molecular formula is C21H20N2O3. The Morgan fingerprint density at radius 2 is 1.69 bits per heavy atom. The van der Waals surface area contributed by atoms with Crippen molar-refractivity contribution in [3.8, 4) is 16.8 Å². The minimum Gasteiger partial charge on any atom is -0.461 e. The summed E-state index contributed by atoms with van der Waals surface area (Å²) in [7, 11) is 0. The summed E-state index contributed by atoms with van der Waals surface area (Å²) in [5.74, 6) is -0.716. The first-order chi connectivity index (χ1) is 12.5. The number of Topliss-reactive ketones (excluding diaryl/α,β-unsaturated/α-hetero) is 1. The predicted octanol–water partition coefficient (Wildman–Crippen LogP) is 4.23. The fourth-order valence-electron chi connectivity index (χ4n) is 2.84. The number of carbonyl (C=O) groups excluding carboxylic acids is 2. The molecule has 0 N–H and O–H groups in total. The molecule has 3 rings (SSSR count). The van der Waals surface area contributed by atoms with Crippen LogP contribution in [0, 0.1) is 6.92 Å². The average molecular weight is 348 g/mol. The minimum atomic E-state index is -0.542. The van der Waals surface area contributed by atoms with Crippen molar-refractivity contribution >= 4 is 11.8 Å². The third-order valence-electron chi connectivity index (χ3n) is 4.03. The van der Waals surface area contributed by atoms with Gasteiger partial charge in [-0.1, -0.05) is 48.0 Å². The highest BCUT2D eigenvalue weighted by molar-refractivity contribution is 6.06. The second-order valence-corrected chi connectivity index (χ2v) is 5.96. The first-order valence-corrected chi connectivity index (χ1v) is 8.46. The van der Waals surface area contributed by atoms with Gasteiger partial charge in [-0.05, 0) is 31.5 Å². The lowest BCUT2D eigenvalue weighted by Crippen LogP contribution is -2.08. The van der Waals surface area contributed by atoms with Gasteiger partial charge in [0.15, 0.2) is 11.5 Å². The molecule has 0 saturated carbocycles. The van der Waals surface area contributed by atoms with Crippen LogP contribution in [0.2, 0.25) is 0 Å². The number of rotatable bonds is 5. The molecule has 5 nitrogen and oxygen atoms in total. The highest BCUT2D eigenvalue weighted by Gasteiger charge is 2.28. The van der Waals surface area contributed by atoms with E-state index < -0.39 is 5.97 Å². The van der Waals surface area contributed by atoms with Gasteiger partial charge in [0.2, 0.25) is 0 Å². The minimum absolute atomic E-state index is 0.142. The van der Waals surface area contributed by atoms with Crippen LogP contribution in [-0.4, -0.2) is 28.1 Å². The molecule has 0 aliphatic carbocycles. The lowest BCUT2D eigenvalue weighted by atomic mass is 10.0. The zero-order valence-electron chi connectivity index (χ0n) is 15.0. The van der Waals surface area contributed by atoms with Crippen molar-refractivity contribution in [1.82, 2.24) is 9.78 Å². The van der Waals surface area contributed by atoms with Crippen molar-refractivity contribution in [1.29, 1.82) is 0 Å². The van der Waals surface area contributed by atoms with Crippen molar-refractivity contribution < 1.29 is 14.3 Å². The smallest absolute Gasteiger partial charge is 0.359 e. The van der Waals surface area contributed by atoms with E-state index in [9.17, 15) is 9.59 Å². The Labute approximate surface area is 152 Å². The maximum atomic E-state index is 12.5. The van der Waals surface area contributed by atoms with Crippen molar-refractivity contribution in [3.05, 3.63) is 71.5 Å². The number of ketones is 1. The van der Waals surface area contributed by atoms with Gasteiger partial charge in [-0.2, -0.15) is 5.10 Å². The molecule has 0 fully saturated rings. The van der Waals surface area contributed by atoms with Gasteiger partial charge in [-0.25, -0.2) is 9.48 Å². The number of hydrogen-bond acceptors (Lipinski definition) is 4. The molecule has 2 aromatic carbocycles. The van der Waals surface area contributed by atoms with E-state index in [1.165, 1.54) is 11.6 Å². The van der Waals surface area contributed by atoms with E-state index in [1.54, 1.807) is 6.92 Å². The van der Waals surface area contributed by atoms with Crippen LogP contribution in [0.5, 0.6) is 0 Å². The van der Waals surface area contributed by atoms with Crippen LogP contribution in [0.4, 0.5) is 0 Å². The average Bonchev–Trinajstić information content (AvgIpc) is 3.04. The van der Waals surface area contributed by atoms with Gasteiger partial charge in [-0.3, -0.25) is 4.79 Å². The maximum absolute atomic E-state index is 12.5. The lowest BCUT2D eigenvalue weighted by molar-refractivity contribution is 0.0519. The van der Waals surface area contributed by atoms with E-state index in [0.29, 0.717) is 16.9 Å². The Hall–Kier alpha value is -3.21. The van der Waals surface area contributed by atoms with Gasteiger partial charge in [0.05, 0.1) is 12.3 Å². The summed E-state index contributed by atoms with van der Waals surface area (Å²) in [5, 5.41) is 4.45. The molecule has 1 heterocycles. The molecule has 26 heavy (non-hydrogen) atoms. The number of carbonyl (C=O) groups is 2. The first-order valence-electron chi connectivity index (χ1n) is 8.46. The Bertz CT molecular complexity index is 941. The molecule has 0 bridgehead atoms. The van der Waals surface area contributed by atoms with Crippen molar-refractivity contribution in [2.45, 2.75) is 20.8 Å². The highest BCUT2D eigenvalue weighted by atomic mass is 16.5. The molecule has 132 valence electrons. The molecule has 3 aromatic rings. The summed E-state index contributed by atoms with van der Waals surface area (Å²) in [5.41, 5.74) is 3.57. The number of aromatic nitrogens is 2. The topological polar surface area (TPSA) is 61.2 Å². The normalized spacial score (nSPS) is 10.6. The SMILES string of the molecule is CCOC(=O)c1nn(-c2ccc(C)cc2)c(C(C)=O)c1-c1ccccc1. The summed E-state index contributed by atoms with van der Waals surface area (Å²) in [6, 6.07) is 16.9. The molecule has 0 radical (unpaired) electrons. The molecule has 0 unspecified atom stereocenters. The zero-order valence-corrected chi connectivity index (χ0v) is 15.0. The predicted molar refractivity (Wildman–Crippen MR) is 99.7 cm³/mol. The van der Waals surface area contributed by atoms with E-state index in [0.717, 1.165) is 11.1 Å². The summed E-state index contributed by atoms with van der Waals surface area (Å²) in [4.78, 5) is 25.0. The lowest BCUT2D eigenvalue weighted by Gasteiger charge is -2.07. The molecule has 0 spiro atoms. The van der Waals surface area contributed by atoms with Gasteiger partial charge in [0.25, 0.3) is 0 Å². The summed E-state index contributed by atoms with van der Waals surface area (Å²) >= 11 is 0. The van der Waals surface area contributed by atoms with Crippen LogP contribution < -0.4 is 0 Å². The van der Waals surface area contributed by atoms with Crippen LogP contribution in [0.15, 0.2) is 54.6 Å². The van der Waals surface area contributed by atoms with E-state index in [1.807, 2.05) is 61.5 Å². The van der Waals surface area contributed by atoms with E-state index in [-0.39, 0.29) is 18.1 Å². The third-order valence-corrected chi connectivity index (χ3v) is 4.03. The quantitative estimate of drug-likeness (QED) is 0.511. The number of nitrogens with zero attached hydrogens (tertiary/aromatic N) is 2. The number of ether oxygens (including phenoxy) is 1. The van der Waals surface area contributed by atoms with E-state index >= 15 is 0 Å². The van der Waals surface area contributed by atoms with Crippen molar-refractivity contribution in [2.24, 2.45) is 0 Å². The van der Waals surface area contributed by atoms with Crippen molar-refractivity contribution in [2.75, 3.05) is 6.61 Å². The molecular weight excluding hydrogens is 328 g/mol. The highest BCUT2D eigenvalue weighted by Crippen LogP contribution is 2.30. The Balaban J connectivity index is 2.30. The molecule has 0 atom stereocenters. The second kappa shape index (κ2) is 7.35. The summed E-state index contributed by atoms with van der Waals surface area (Å²) in [6.45, 7) is 5.43. The fraction of sp³-hybridized carbons (Fsp3) is 0.190. The van der Waals surface area contributed by atoms with E-state index in [2.05, 4.69) is 5.10 Å². The summed E-state index contributed by atoms with van der Waals surface area (Å²) in [6.07, 6.45) is 0. The monoisotopic (exact) mass is 348 g/mol. The van der Waals surface area contributed by atoms with E-state index in [4.69, 9.17) is 4.74 Å². The van der Waals surface area contributed by atoms with Crippen LogP contribution in [0.3, 0.4) is 0 Å². The fourth-order valence-corrected chi connectivity index (χ4v) is 2.84. The molecule has 0 aliphatic rings. The molecule has 5 heteroatoms. The Morgan fingerprint density at radius 1 is 1.04 bits per heavy atom. The summed E-state index contributed by atoms with van der Waals surface area (Å²) < 4.78 is 6.69. The van der Waals surface area contributed by atoms with Gasteiger partial charge >= 0.3 is 5.97 Å². The standard InChI is InChI=1S/C21H20N2O3/c1-4-26-21(25)19-18(16-8-6-5-7-9-16)20(15(3)24)23(22-19)17-12-10-14(2)11-13-17/h5-13H,4H2,1-3H3. The van der Waals surface area contributed by atoms with Crippen LogP contribution >= 0.6 is 0 Å². The first kappa shape index (κ1) is 17.6. The van der Waals surface area contributed by atoms with Gasteiger partial charge in [0, 0.05) is 12.5 Å². The zero-order chi connectivity index (χ0) is 18.7. The Kier molecular flexibility index (Phi) is 4.98.